The van der Waals surface area contributed by atoms with Crippen molar-refractivity contribution in [1.82, 2.24) is 29.8 Å². The SMILES string of the molecule is Cc1nn(Cc2nnc(Nc3ccn(Cc4c(F)cccc4Cl)n3)s2)cc1Cl. The highest BCUT2D eigenvalue weighted by atomic mass is 35.5. The molecule has 0 amide bonds. The molecule has 1 aromatic carbocycles. The molecule has 0 saturated carbocycles. The van der Waals surface area contributed by atoms with Crippen molar-refractivity contribution in [2.24, 2.45) is 0 Å². The Morgan fingerprint density at radius 2 is 1.93 bits per heavy atom. The minimum atomic E-state index is -0.361. The first kappa shape index (κ1) is 18.9. The van der Waals surface area contributed by atoms with Gasteiger partial charge in [-0.1, -0.05) is 40.6 Å². The molecule has 0 spiro atoms. The van der Waals surface area contributed by atoms with Crippen LogP contribution in [0.5, 0.6) is 0 Å². The molecule has 0 bridgehead atoms. The Morgan fingerprint density at radius 1 is 1.07 bits per heavy atom. The largest absolute Gasteiger partial charge is 0.313 e. The predicted molar refractivity (Wildman–Crippen MR) is 107 cm³/mol. The van der Waals surface area contributed by atoms with Crippen LogP contribution in [0.25, 0.3) is 0 Å². The molecular weight excluding hydrogens is 424 g/mol. The second kappa shape index (κ2) is 7.86. The summed E-state index contributed by atoms with van der Waals surface area (Å²) in [5.41, 5.74) is 1.16. The molecule has 0 aliphatic carbocycles. The maximum atomic E-state index is 13.9. The lowest BCUT2D eigenvalue weighted by Crippen LogP contribution is -2.04. The van der Waals surface area contributed by atoms with E-state index in [0.717, 1.165) is 10.7 Å². The van der Waals surface area contributed by atoms with Gasteiger partial charge in [0.1, 0.15) is 10.8 Å². The highest BCUT2D eigenvalue weighted by Gasteiger charge is 2.11. The zero-order valence-corrected chi connectivity index (χ0v) is 16.9. The van der Waals surface area contributed by atoms with Crippen molar-refractivity contribution in [1.29, 1.82) is 0 Å². The van der Waals surface area contributed by atoms with Crippen molar-refractivity contribution in [3.63, 3.8) is 0 Å². The van der Waals surface area contributed by atoms with Gasteiger partial charge in [0.25, 0.3) is 0 Å². The van der Waals surface area contributed by atoms with E-state index >= 15 is 0 Å². The average Bonchev–Trinajstić information content (AvgIpc) is 3.35. The van der Waals surface area contributed by atoms with Crippen molar-refractivity contribution < 1.29 is 4.39 Å². The molecule has 7 nitrogen and oxygen atoms in total. The Balaban J connectivity index is 1.42. The first-order valence-corrected chi connectivity index (χ1v) is 9.80. The van der Waals surface area contributed by atoms with Crippen LogP contribution in [0.2, 0.25) is 10.0 Å². The van der Waals surface area contributed by atoms with E-state index in [-0.39, 0.29) is 12.4 Å². The first-order chi connectivity index (χ1) is 13.5. The summed E-state index contributed by atoms with van der Waals surface area (Å²) in [6, 6.07) is 6.37. The molecule has 0 saturated heterocycles. The van der Waals surface area contributed by atoms with Gasteiger partial charge < -0.3 is 5.32 Å². The lowest BCUT2D eigenvalue weighted by atomic mass is 10.2. The van der Waals surface area contributed by atoms with Crippen molar-refractivity contribution in [3.05, 3.63) is 68.8 Å². The fourth-order valence-electron chi connectivity index (χ4n) is 2.55. The van der Waals surface area contributed by atoms with Crippen LogP contribution in [0.1, 0.15) is 16.3 Å². The van der Waals surface area contributed by atoms with Crippen LogP contribution in [0.15, 0.2) is 36.7 Å². The number of hydrogen-bond donors (Lipinski definition) is 1. The van der Waals surface area contributed by atoms with Gasteiger partial charge in [0.05, 0.1) is 23.8 Å². The van der Waals surface area contributed by atoms with Crippen LogP contribution in [0.3, 0.4) is 0 Å². The molecule has 1 N–H and O–H groups in total. The zero-order chi connectivity index (χ0) is 19.7. The highest BCUT2D eigenvalue weighted by molar-refractivity contribution is 7.15. The monoisotopic (exact) mass is 437 g/mol. The van der Waals surface area contributed by atoms with E-state index in [4.69, 9.17) is 23.2 Å². The van der Waals surface area contributed by atoms with Crippen LogP contribution in [-0.2, 0) is 13.1 Å². The Morgan fingerprint density at radius 3 is 2.68 bits per heavy atom. The number of aryl methyl sites for hydroxylation is 1. The molecule has 11 heteroatoms. The minimum Gasteiger partial charge on any atom is -0.313 e. The van der Waals surface area contributed by atoms with Gasteiger partial charge in [0, 0.05) is 29.0 Å². The lowest BCUT2D eigenvalue weighted by Gasteiger charge is -2.05. The smallest absolute Gasteiger partial charge is 0.211 e. The number of aromatic nitrogens is 6. The Hall–Kier alpha value is -2.49. The molecule has 0 unspecified atom stereocenters. The number of nitrogens with one attached hydrogen (secondary N) is 1. The Labute approximate surface area is 173 Å². The van der Waals surface area contributed by atoms with Crippen LogP contribution >= 0.6 is 34.5 Å². The molecule has 0 aliphatic rings. The second-order valence-corrected chi connectivity index (χ2v) is 7.86. The Bertz CT molecular complexity index is 1080. The van der Waals surface area contributed by atoms with E-state index in [9.17, 15) is 4.39 Å². The summed E-state index contributed by atoms with van der Waals surface area (Å²) in [4.78, 5) is 0. The van der Waals surface area contributed by atoms with E-state index in [1.54, 1.807) is 40.0 Å². The zero-order valence-electron chi connectivity index (χ0n) is 14.6. The minimum absolute atomic E-state index is 0.230. The molecule has 144 valence electrons. The molecule has 4 aromatic rings. The van der Waals surface area contributed by atoms with Crippen molar-refractivity contribution >= 4 is 45.5 Å². The van der Waals surface area contributed by atoms with Gasteiger partial charge in [-0.15, -0.1) is 10.2 Å². The third-order valence-corrected chi connectivity index (χ3v) is 5.46. The summed E-state index contributed by atoms with van der Waals surface area (Å²) in [5, 5.41) is 22.4. The quantitative estimate of drug-likeness (QED) is 0.479. The molecule has 0 radical (unpaired) electrons. The predicted octanol–water partition coefficient (Wildman–Crippen LogP) is 4.53. The fourth-order valence-corrected chi connectivity index (χ4v) is 3.66. The summed E-state index contributed by atoms with van der Waals surface area (Å²) in [6.45, 7) is 2.55. The fraction of sp³-hybridized carbons (Fsp3) is 0.176. The van der Waals surface area contributed by atoms with Gasteiger partial charge in [-0.05, 0) is 19.1 Å². The summed E-state index contributed by atoms with van der Waals surface area (Å²) < 4.78 is 17.2. The number of rotatable bonds is 6. The molecule has 3 heterocycles. The lowest BCUT2D eigenvalue weighted by molar-refractivity contribution is 0.586. The topological polar surface area (TPSA) is 73.5 Å². The van der Waals surface area contributed by atoms with E-state index in [1.165, 1.54) is 17.4 Å². The van der Waals surface area contributed by atoms with E-state index in [0.29, 0.717) is 33.1 Å². The van der Waals surface area contributed by atoms with Crippen LogP contribution in [0.4, 0.5) is 15.3 Å². The van der Waals surface area contributed by atoms with Gasteiger partial charge in [-0.2, -0.15) is 10.2 Å². The molecule has 4 rings (SSSR count). The van der Waals surface area contributed by atoms with Crippen LogP contribution in [-0.4, -0.2) is 29.8 Å². The van der Waals surface area contributed by atoms with Gasteiger partial charge in [0.2, 0.25) is 5.13 Å². The number of benzene rings is 1. The highest BCUT2D eigenvalue weighted by Crippen LogP contribution is 2.23. The molecule has 0 atom stereocenters. The van der Waals surface area contributed by atoms with E-state index < -0.39 is 0 Å². The van der Waals surface area contributed by atoms with Crippen LogP contribution in [0, 0.1) is 12.7 Å². The summed E-state index contributed by atoms with van der Waals surface area (Å²) in [7, 11) is 0. The molecule has 28 heavy (non-hydrogen) atoms. The van der Waals surface area contributed by atoms with Gasteiger partial charge in [0.15, 0.2) is 5.82 Å². The Kier molecular flexibility index (Phi) is 5.29. The first-order valence-electron chi connectivity index (χ1n) is 8.23. The van der Waals surface area contributed by atoms with Crippen molar-refractivity contribution in [2.45, 2.75) is 20.0 Å². The number of anilines is 2. The summed E-state index contributed by atoms with van der Waals surface area (Å²) in [5.74, 6) is 0.216. The number of hydrogen-bond acceptors (Lipinski definition) is 6. The van der Waals surface area contributed by atoms with E-state index in [1.807, 2.05) is 6.92 Å². The molecule has 3 aromatic heterocycles. The normalized spacial score (nSPS) is 11.1. The van der Waals surface area contributed by atoms with Gasteiger partial charge in [-0.3, -0.25) is 9.36 Å². The summed E-state index contributed by atoms with van der Waals surface area (Å²) in [6.07, 6.45) is 3.49. The maximum Gasteiger partial charge on any atom is 0.211 e. The van der Waals surface area contributed by atoms with Crippen molar-refractivity contribution in [3.8, 4) is 0 Å². The summed E-state index contributed by atoms with van der Waals surface area (Å²) >= 11 is 13.5. The van der Waals surface area contributed by atoms with Crippen molar-refractivity contribution in [2.75, 3.05) is 5.32 Å². The number of nitrogens with zero attached hydrogens (tertiary/aromatic N) is 6. The van der Waals surface area contributed by atoms with Gasteiger partial charge >= 0.3 is 0 Å². The maximum absolute atomic E-state index is 13.9. The second-order valence-electron chi connectivity index (χ2n) is 5.98. The standard InChI is InChI=1S/C17H14Cl2FN7S/c1-10-13(19)8-27(24-10)9-16-22-23-17(28-16)21-15-5-6-26(25-15)7-11-12(18)3-2-4-14(11)20/h2-6,8H,7,9H2,1H3,(H,21,23,25). The molecular formula is C17H14Cl2FN7S. The van der Waals surface area contributed by atoms with E-state index in [2.05, 4.69) is 25.7 Å². The number of halogens is 3. The van der Waals surface area contributed by atoms with Crippen LogP contribution < -0.4 is 5.32 Å². The third kappa shape index (κ3) is 4.16. The van der Waals surface area contributed by atoms with Gasteiger partial charge in [-0.25, -0.2) is 4.39 Å². The average molecular weight is 438 g/mol. The molecule has 0 aliphatic heterocycles. The third-order valence-electron chi connectivity index (χ3n) is 3.91. The molecule has 0 fully saturated rings.